The molecule has 1 aliphatic rings. The Kier molecular flexibility index (Phi) is 6.75. The van der Waals surface area contributed by atoms with E-state index >= 15 is 0 Å². The Bertz CT molecular complexity index is 267. The van der Waals surface area contributed by atoms with Crippen molar-refractivity contribution in [2.75, 3.05) is 32.4 Å². The molecule has 0 aromatic carbocycles. The summed E-state index contributed by atoms with van der Waals surface area (Å²) in [6, 6.07) is 0. The van der Waals surface area contributed by atoms with Gasteiger partial charge in [0.1, 0.15) is 0 Å². The normalized spacial score (nSPS) is 23.5. The van der Waals surface area contributed by atoms with Gasteiger partial charge >= 0.3 is 0 Å². The Morgan fingerprint density at radius 2 is 2.13 bits per heavy atom. The molecule has 4 nitrogen and oxygen atoms in total. The van der Waals surface area contributed by atoms with Gasteiger partial charge in [-0.05, 0) is 39.3 Å². The molecule has 0 spiro atoms. The molecule has 1 fully saturated rings. The van der Waals surface area contributed by atoms with Gasteiger partial charge in [0.2, 0.25) is 10.0 Å². The van der Waals surface area contributed by atoms with Crippen molar-refractivity contribution in [2.45, 2.75) is 19.8 Å². The number of piperidine rings is 1. The Morgan fingerprint density at radius 1 is 1.47 bits per heavy atom. The van der Waals surface area contributed by atoms with Gasteiger partial charge in [0.05, 0.1) is 5.75 Å². The number of nitrogens with one attached hydrogen (secondary N) is 1. The van der Waals surface area contributed by atoms with Crippen LogP contribution in [0.25, 0.3) is 0 Å². The maximum absolute atomic E-state index is 11.6. The van der Waals surface area contributed by atoms with Gasteiger partial charge in [-0.25, -0.2) is 12.7 Å². The number of hydrogen-bond donors (Lipinski definition) is 1. The lowest BCUT2D eigenvalue weighted by molar-refractivity contribution is 0.263. The van der Waals surface area contributed by atoms with Gasteiger partial charge in [-0.1, -0.05) is 0 Å². The molecular weight excluding hydrogens is 236 g/mol. The van der Waals surface area contributed by atoms with Gasteiger partial charge in [0.15, 0.2) is 0 Å². The molecule has 1 aliphatic heterocycles. The zero-order chi connectivity index (χ0) is 10.6. The van der Waals surface area contributed by atoms with Crippen LogP contribution in [0, 0.1) is 5.92 Å². The van der Waals surface area contributed by atoms with Crippen LogP contribution >= 0.6 is 12.4 Å². The van der Waals surface area contributed by atoms with Crippen molar-refractivity contribution in [2.24, 2.45) is 5.92 Å². The maximum atomic E-state index is 11.6. The third-order valence-corrected chi connectivity index (χ3v) is 4.58. The summed E-state index contributed by atoms with van der Waals surface area (Å²) in [6.07, 6.45) is 2.13. The fraction of sp³-hybridized carbons (Fsp3) is 1.00. The highest BCUT2D eigenvalue weighted by molar-refractivity contribution is 7.89. The molecule has 0 saturated carbocycles. The molecule has 0 amide bonds. The van der Waals surface area contributed by atoms with Gasteiger partial charge in [-0.2, -0.15) is 0 Å². The first-order valence-corrected chi connectivity index (χ1v) is 6.83. The summed E-state index contributed by atoms with van der Waals surface area (Å²) in [5.41, 5.74) is 0. The molecule has 1 atom stereocenters. The Hall–Kier alpha value is 0.160. The molecule has 1 unspecified atom stereocenters. The molecule has 1 heterocycles. The molecule has 0 aliphatic carbocycles. The van der Waals surface area contributed by atoms with Crippen molar-refractivity contribution in [1.82, 2.24) is 9.62 Å². The summed E-state index contributed by atoms with van der Waals surface area (Å²) in [5, 5.41) is 3.11. The largest absolute Gasteiger partial charge is 0.319 e. The molecule has 1 rings (SSSR count). The van der Waals surface area contributed by atoms with E-state index in [2.05, 4.69) is 5.32 Å². The van der Waals surface area contributed by atoms with E-state index in [0.717, 1.165) is 19.4 Å². The second kappa shape index (κ2) is 6.68. The van der Waals surface area contributed by atoms with E-state index in [0.29, 0.717) is 19.0 Å². The van der Waals surface area contributed by atoms with E-state index in [1.54, 1.807) is 11.2 Å². The smallest absolute Gasteiger partial charge is 0.213 e. The first-order chi connectivity index (χ1) is 6.60. The van der Waals surface area contributed by atoms with Crippen LogP contribution in [-0.2, 0) is 10.0 Å². The molecule has 1 saturated heterocycles. The SMILES string of the molecule is CCS(=O)(=O)N1CCCC(CNC)C1.Cl. The number of hydrogen-bond acceptors (Lipinski definition) is 3. The van der Waals surface area contributed by atoms with Crippen molar-refractivity contribution < 1.29 is 8.42 Å². The minimum atomic E-state index is -2.97. The van der Waals surface area contributed by atoms with E-state index in [1.165, 1.54) is 0 Å². The summed E-state index contributed by atoms with van der Waals surface area (Å²) in [5.74, 6) is 0.703. The minimum Gasteiger partial charge on any atom is -0.319 e. The average molecular weight is 257 g/mol. The lowest BCUT2D eigenvalue weighted by Crippen LogP contribution is -2.43. The third-order valence-electron chi connectivity index (χ3n) is 2.73. The van der Waals surface area contributed by atoms with Gasteiger partial charge in [0.25, 0.3) is 0 Å². The molecule has 0 aromatic rings. The van der Waals surface area contributed by atoms with Crippen LogP contribution in [0.1, 0.15) is 19.8 Å². The van der Waals surface area contributed by atoms with Crippen LogP contribution in [0.2, 0.25) is 0 Å². The van der Waals surface area contributed by atoms with Crippen LogP contribution in [-0.4, -0.2) is 45.2 Å². The second-order valence-corrected chi connectivity index (χ2v) is 6.08. The fourth-order valence-electron chi connectivity index (χ4n) is 1.92. The summed E-state index contributed by atoms with van der Waals surface area (Å²) in [7, 11) is -1.06. The topological polar surface area (TPSA) is 49.4 Å². The molecule has 0 aromatic heterocycles. The van der Waals surface area contributed by atoms with Crippen molar-refractivity contribution in [3.8, 4) is 0 Å². The number of sulfonamides is 1. The molecule has 15 heavy (non-hydrogen) atoms. The van der Waals surface area contributed by atoms with Gasteiger partial charge < -0.3 is 5.32 Å². The van der Waals surface area contributed by atoms with Crippen molar-refractivity contribution in [3.05, 3.63) is 0 Å². The number of halogens is 1. The highest BCUT2D eigenvalue weighted by atomic mass is 35.5. The Labute approximate surface area is 98.9 Å². The molecule has 6 heteroatoms. The van der Waals surface area contributed by atoms with Crippen LogP contribution in [0.5, 0.6) is 0 Å². The first kappa shape index (κ1) is 15.2. The van der Waals surface area contributed by atoms with Crippen LogP contribution in [0.4, 0.5) is 0 Å². The second-order valence-electron chi connectivity index (χ2n) is 3.82. The highest BCUT2D eigenvalue weighted by Gasteiger charge is 2.26. The first-order valence-electron chi connectivity index (χ1n) is 5.22. The predicted octanol–water partition coefficient (Wildman–Crippen LogP) is 0.689. The van der Waals surface area contributed by atoms with E-state index in [-0.39, 0.29) is 18.2 Å². The van der Waals surface area contributed by atoms with Gasteiger partial charge in [-0.3, -0.25) is 0 Å². The van der Waals surface area contributed by atoms with E-state index < -0.39 is 10.0 Å². The third kappa shape index (κ3) is 4.26. The minimum absolute atomic E-state index is 0. The van der Waals surface area contributed by atoms with Crippen LogP contribution in [0.15, 0.2) is 0 Å². The monoisotopic (exact) mass is 256 g/mol. The van der Waals surface area contributed by atoms with E-state index in [4.69, 9.17) is 0 Å². The predicted molar refractivity (Wildman–Crippen MR) is 64.9 cm³/mol. The van der Waals surface area contributed by atoms with Crippen molar-refractivity contribution in [1.29, 1.82) is 0 Å². The quantitative estimate of drug-likeness (QED) is 0.805. The fourth-order valence-corrected chi connectivity index (χ4v) is 3.13. The van der Waals surface area contributed by atoms with Crippen LogP contribution in [0.3, 0.4) is 0 Å². The average Bonchev–Trinajstić information content (AvgIpc) is 2.19. The molecule has 0 radical (unpaired) electrons. The van der Waals surface area contributed by atoms with Gasteiger partial charge in [-0.15, -0.1) is 12.4 Å². The summed E-state index contributed by atoms with van der Waals surface area (Å²) in [4.78, 5) is 0. The molecular formula is C9H21ClN2O2S. The highest BCUT2D eigenvalue weighted by Crippen LogP contribution is 2.18. The van der Waals surface area contributed by atoms with Crippen molar-refractivity contribution >= 4 is 22.4 Å². The van der Waals surface area contributed by atoms with Gasteiger partial charge in [0, 0.05) is 13.1 Å². The molecule has 1 N–H and O–H groups in total. The van der Waals surface area contributed by atoms with Crippen LogP contribution < -0.4 is 5.32 Å². The number of nitrogens with zero attached hydrogens (tertiary/aromatic N) is 1. The lowest BCUT2D eigenvalue weighted by atomic mass is 10.00. The zero-order valence-corrected chi connectivity index (χ0v) is 11.0. The Balaban J connectivity index is 0.00000196. The maximum Gasteiger partial charge on any atom is 0.213 e. The summed E-state index contributed by atoms with van der Waals surface area (Å²) in [6.45, 7) is 4.01. The van der Waals surface area contributed by atoms with Crippen molar-refractivity contribution in [3.63, 3.8) is 0 Å². The number of rotatable bonds is 4. The molecule has 92 valence electrons. The summed E-state index contributed by atoms with van der Waals surface area (Å²) >= 11 is 0. The Morgan fingerprint density at radius 3 is 2.67 bits per heavy atom. The molecule has 0 bridgehead atoms. The summed E-state index contributed by atoms with van der Waals surface area (Å²) < 4.78 is 24.9. The zero-order valence-electron chi connectivity index (χ0n) is 9.40. The standard InChI is InChI=1S/C9H20N2O2S.ClH/c1-3-14(12,13)11-6-4-5-9(8-11)7-10-2;/h9-10H,3-8H2,1-2H3;1H. The van der Waals surface area contributed by atoms with E-state index in [9.17, 15) is 8.42 Å². The lowest BCUT2D eigenvalue weighted by Gasteiger charge is -2.31. The van der Waals surface area contributed by atoms with E-state index in [1.807, 2.05) is 7.05 Å².